The molecule has 0 N–H and O–H groups in total. The highest BCUT2D eigenvalue weighted by atomic mass is 16.5. The maximum absolute atomic E-state index is 6.90. The van der Waals surface area contributed by atoms with Crippen molar-refractivity contribution < 1.29 is 9.30 Å². The normalized spacial score (nSPS) is 18.5. The highest BCUT2D eigenvalue weighted by Crippen LogP contribution is 2.52. The van der Waals surface area contributed by atoms with Crippen molar-refractivity contribution in [3.8, 4) is 22.8 Å². The largest absolute Gasteiger partial charge is 0.455 e. The van der Waals surface area contributed by atoms with Crippen LogP contribution in [0.3, 0.4) is 0 Å². The zero-order valence-electron chi connectivity index (χ0n) is 21.8. The van der Waals surface area contributed by atoms with E-state index in [1.54, 1.807) is 0 Å². The molecule has 0 saturated heterocycles. The fourth-order valence-corrected chi connectivity index (χ4v) is 7.41. The van der Waals surface area contributed by atoms with Crippen LogP contribution in [-0.2, 0) is 19.9 Å². The van der Waals surface area contributed by atoms with Gasteiger partial charge in [0.05, 0.1) is 10.9 Å². The van der Waals surface area contributed by atoms with Crippen LogP contribution in [0.25, 0.3) is 32.8 Å². The summed E-state index contributed by atoms with van der Waals surface area (Å²) in [6.45, 7) is 9.36. The number of pyridine rings is 1. The molecule has 1 fully saturated rings. The minimum Gasteiger partial charge on any atom is -0.455 e. The molecule has 1 aliphatic heterocycles. The van der Waals surface area contributed by atoms with Crippen LogP contribution in [0.5, 0.6) is 11.5 Å². The summed E-state index contributed by atoms with van der Waals surface area (Å²) in [6.07, 6.45) is 11.3. The second kappa shape index (κ2) is 7.32. The van der Waals surface area contributed by atoms with Gasteiger partial charge in [0, 0.05) is 11.6 Å². The van der Waals surface area contributed by atoms with Gasteiger partial charge < -0.3 is 4.74 Å². The van der Waals surface area contributed by atoms with Crippen molar-refractivity contribution in [1.29, 1.82) is 0 Å². The number of aryl methyl sites for hydroxylation is 3. The molecular formula is C33H36NO+. The number of fused-ring (bicyclic) bond motifs is 4. The summed E-state index contributed by atoms with van der Waals surface area (Å²) in [5.41, 5.74) is 10.1. The van der Waals surface area contributed by atoms with Gasteiger partial charge in [0.25, 0.3) is 0 Å². The fraction of sp³-hybridized carbons (Fsp3) is 0.424. The van der Waals surface area contributed by atoms with E-state index in [0.717, 1.165) is 17.9 Å². The first-order valence-corrected chi connectivity index (χ1v) is 13.5. The molecule has 2 heteroatoms. The van der Waals surface area contributed by atoms with Gasteiger partial charge in [-0.1, -0.05) is 51.3 Å². The van der Waals surface area contributed by atoms with Gasteiger partial charge in [-0.3, -0.25) is 0 Å². The maximum Gasteiger partial charge on any atom is 0.228 e. The topological polar surface area (TPSA) is 13.1 Å². The molecule has 0 radical (unpaired) electrons. The van der Waals surface area contributed by atoms with Crippen LogP contribution in [0.1, 0.15) is 79.7 Å². The van der Waals surface area contributed by atoms with E-state index in [0.29, 0.717) is 11.3 Å². The molecule has 7 rings (SSSR count). The average molecular weight is 463 g/mol. The summed E-state index contributed by atoms with van der Waals surface area (Å²) in [5.74, 6) is 2.77. The van der Waals surface area contributed by atoms with Gasteiger partial charge in [0.1, 0.15) is 18.5 Å². The molecule has 2 nitrogen and oxygen atoms in total. The summed E-state index contributed by atoms with van der Waals surface area (Å²) >= 11 is 0. The lowest BCUT2D eigenvalue weighted by atomic mass is 9.82. The Morgan fingerprint density at radius 1 is 0.886 bits per heavy atom. The molecule has 0 amide bonds. The maximum atomic E-state index is 6.90. The number of ether oxygens (including phenoxy) is 1. The number of rotatable bonds is 1. The number of hydrogen-bond acceptors (Lipinski definition) is 1. The van der Waals surface area contributed by atoms with Crippen molar-refractivity contribution in [2.75, 3.05) is 0 Å². The highest BCUT2D eigenvalue weighted by molar-refractivity contribution is 6.07. The Balaban J connectivity index is 1.50. The van der Waals surface area contributed by atoms with Gasteiger partial charge in [-0.25, -0.2) is 4.57 Å². The Labute approximate surface area is 208 Å². The van der Waals surface area contributed by atoms with E-state index in [1.807, 2.05) is 0 Å². The van der Waals surface area contributed by atoms with Crippen LogP contribution < -0.4 is 9.30 Å². The molecule has 0 unspecified atom stereocenters. The molecule has 2 heterocycles. The molecule has 0 bridgehead atoms. The summed E-state index contributed by atoms with van der Waals surface area (Å²) in [5, 5.41) is 5.33. The van der Waals surface area contributed by atoms with E-state index in [2.05, 4.69) is 75.8 Å². The zero-order valence-corrected chi connectivity index (χ0v) is 21.8. The van der Waals surface area contributed by atoms with Crippen molar-refractivity contribution in [2.24, 2.45) is 12.5 Å². The summed E-state index contributed by atoms with van der Waals surface area (Å²) in [6, 6.07) is 12.1. The molecule has 1 saturated carbocycles. The lowest BCUT2D eigenvalue weighted by Crippen LogP contribution is -2.32. The Kier molecular flexibility index (Phi) is 4.48. The van der Waals surface area contributed by atoms with Crippen LogP contribution in [0.15, 0.2) is 36.5 Å². The van der Waals surface area contributed by atoms with E-state index in [1.165, 1.54) is 99.1 Å². The van der Waals surface area contributed by atoms with Gasteiger partial charge in [-0.15, -0.1) is 0 Å². The molecule has 2 aliphatic carbocycles. The van der Waals surface area contributed by atoms with Gasteiger partial charge in [0.2, 0.25) is 5.69 Å². The number of aromatic nitrogens is 1. The fourth-order valence-electron chi connectivity index (χ4n) is 7.41. The SMILES string of the molecule is Cc1c2c(c(C)c3cc4c(cc13)CC(C)(C)C4)-c1c3c(cc(C4CCCCC4)cc3cc[n+]1C)O2. The second-order valence-electron chi connectivity index (χ2n) is 12.3. The van der Waals surface area contributed by atoms with E-state index >= 15 is 0 Å². The number of hydrogen-bond donors (Lipinski definition) is 0. The van der Waals surface area contributed by atoms with Crippen molar-refractivity contribution in [3.63, 3.8) is 0 Å². The van der Waals surface area contributed by atoms with E-state index in [9.17, 15) is 0 Å². The lowest BCUT2D eigenvalue weighted by Gasteiger charge is -2.27. The molecule has 0 spiro atoms. The monoisotopic (exact) mass is 462 g/mol. The molecular weight excluding hydrogens is 426 g/mol. The quantitative estimate of drug-likeness (QED) is 0.228. The first kappa shape index (κ1) is 21.4. The molecule has 3 aromatic carbocycles. The molecule has 3 aliphatic rings. The Morgan fingerprint density at radius 2 is 1.57 bits per heavy atom. The van der Waals surface area contributed by atoms with Crippen LogP contribution in [-0.4, -0.2) is 0 Å². The third kappa shape index (κ3) is 3.11. The smallest absolute Gasteiger partial charge is 0.228 e. The van der Waals surface area contributed by atoms with Crippen LogP contribution >= 0.6 is 0 Å². The lowest BCUT2D eigenvalue weighted by molar-refractivity contribution is -0.659. The number of nitrogens with zero attached hydrogens (tertiary/aromatic N) is 1. The van der Waals surface area contributed by atoms with E-state index in [-0.39, 0.29) is 0 Å². The Hall–Kier alpha value is -2.87. The summed E-state index contributed by atoms with van der Waals surface area (Å²) in [7, 11) is 2.19. The minimum absolute atomic E-state index is 0.349. The van der Waals surface area contributed by atoms with Gasteiger partial charge in [-0.05, 0) is 95.3 Å². The predicted molar refractivity (Wildman–Crippen MR) is 145 cm³/mol. The summed E-state index contributed by atoms with van der Waals surface area (Å²) < 4.78 is 9.21. The van der Waals surface area contributed by atoms with Crippen LogP contribution in [0.4, 0.5) is 0 Å². The Morgan fingerprint density at radius 3 is 2.29 bits per heavy atom. The zero-order chi connectivity index (χ0) is 24.1. The Bertz CT molecular complexity index is 1550. The molecule has 0 atom stereocenters. The van der Waals surface area contributed by atoms with E-state index < -0.39 is 0 Å². The summed E-state index contributed by atoms with van der Waals surface area (Å²) in [4.78, 5) is 0. The van der Waals surface area contributed by atoms with Gasteiger partial charge >= 0.3 is 0 Å². The molecule has 1 aromatic heterocycles. The highest BCUT2D eigenvalue weighted by Gasteiger charge is 2.34. The average Bonchev–Trinajstić information content (AvgIpc) is 3.16. The minimum atomic E-state index is 0.349. The first-order chi connectivity index (χ1) is 16.8. The molecule has 178 valence electrons. The van der Waals surface area contributed by atoms with Crippen LogP contribution in [0, 0.1) is 19.3 Å². The number of benzene rings is 3. The van der Waals surface area contributed by atoms with Gasteiger partial charge in [0.15, 0.2) is 6.20 Å². The molecule has 35 heavy (non-hydrogen) atoms. The third-order valence-corrected chi connectivity index (χ3v) is 9.18. The standard InChI is InChI=1S/C33H36NO/c1-19-26-14-24-17-33(3,4)18-25(24)15-27(26)20(2)32-29(19)31-30-22(11-12-34(31)5)13-23(16-28(30)35-32)21-9-7-6-8-10-21/h11-16,21H,6-10,17-18H2,1-5H3/q+1. The predicted octanol–water partition coefficient (Wildman–Crippen LogP) is 8.38. The van der Waals surface area contributed by atoms with Crippen molar-refractivity contribution in [2.45, 2.75) is 78.6 Å². The van der Waals surface area contributed by atoms with Crippen molar-refractivity contribution >= 4 is 21.5 Å². The van der Waals surface area contributed by atoms with E-state index in [4.69, 9.17) is 4.74 Å². The van der Waals surface area contributed by atoms with Crippen molar-refractivity contribution in [1.82, 2.24) is 0 Å². The van der Waals surface area contributed by atoms with Crippen molar-refractivity contribution in [3.05, 3.63) is 64.3 Å². The van der Waals surface area contributed by atoms with Gasteiger partial charge in [-0.2, -0.15) is 0 Å². The first-order valence-electron chi connectivity index (χ1n) is 13.5. The third-order valence-electron chi connectivity index (χ3n) is 9.18. The molecule has 4 aromatic rings. The van der Waals surface area contributed by atoms with Crippen LogP contribution in [0.2, 0.25) is 0 Å². The second-order valence-corrected chi connectivity index (χ2v) is 12.3.